The third-order valence-electron chi connectivity index (χ3n) is 2.20. The Hall–Kier alpha value is -1.73. The number of amides is 1. The first-order valence-electron chi connectivity index (χ1n) is 4.90. The third kappa shape index (κ3) is 2.57. The predicted molar refractivity (Wildman–Crippen MR) is 65.4 cm³/mol. The second kappa shape index (κ2) is 5.28. The molecule has 1 atom stereocenters. The molecule has 2 heterocycles. The van der Waals surface area contributed by atoms with Gasteiger partial charge in [-0.05, 0) is 6.92 Å². The number of nitrogens with one attached hydrogen (secondary N) is 1. The lowest BCUT2D eigenvalue weighted by Crippen LogP contribution is -2.24. The summed E-state index contributed by atoms with van der Waals surface area (Å²) in [5.74, 6) is -0.175. The maximum absolute atomic E-state index is 11.9. The normalized spacial score (nSPS) is 12.2. The van der Waals surface area contributed by atoms with Crippen molar-refractivity contribution in [3.63, 3.8) is 0 Å². The molecule has 1 unspecified atom stereocenters. The molecule has 0 radical (unpaired) electrons. The van der Waals surface area contributed by atoms with Crippen LogP contribution in [0.2, 0.25) is 10.2 Å². The topological polar surface area (TPSA) is 85.6 Å². The molecule has 1 amide bonds. The Morgan fingerprint density at radius 3 is 2.83 bits per heavy atom. The summed E-state index contributed by atoms with van der Waals surface area (Å²) in [6.45, 7) is 1.67. The molecule has 2 rings (SSSR count). The van der Waals surface area contributed by atoms with Gasteiger partial charge in [-0.3, -0.25) is 4.79 Å². The molecular weight excluding hydrogens is 279 g/mol. The van der Waals surface area contributed by atoms with E-state index in [4.69, 9.17) is 23.2 Å². The van der Waals surface area contributed by atoms with Crippen molar-refractivity contribution in [3.05, 3.63) is 29.2 Å². The quantitative estimate of drug-likeness (QED) is 0.866. The van der Waals surface area contributed by atoms with Gasteiger partial charge in [-0.15, -0.1) is 0 Å². The van der Waals surface area contributed by atoms with E-state index in [0.29, 0.717) is 0 Å². The van der Waals surface area contributed by atoms with Crippen molar-refractivity contribution in [2.45, 2.75) is 13.0 Å². The van der Waals surface area contributed by atoms with E-state index in [1.165, 1.54) is 23.7 Å². The first kappa shape index (κ1) is 12.7. The van der Waals surface area contributed by atoms with E-state index in [9.17, 15) is 4.79 Å². The Bertz CT molecular complexity index is 558. The second-order valence-electron chi connectivity index (χ2n) is 3.37. The molecular formula is C9H8Cl2N6O. The lowest BCUT2D eigenvalue weighted by Gasteiger charge is -2.12. The van der Waals surface area contributed by atoms with Crippen LogP contribution in [0.3, 0.4) is 0 Å². The molecule has 0 saturated heterocycles. The maximum atomic E-state index is 11.9. The maximum Gasteiger partial charge on any atom is 0.250 e. The summed E-state index contributed by atoms with van der Waals surface area (Å²) in [4.78, 5) is 23.2. The first-order chi connectivity index (χ1) is 8.59. The molecule has 1 N–H and O–H groups in total. The number of aromatic nitrogens is 5. The minimum absolute atomic E-state index is 0.0791. The smallest absolute Gasteiger partial charge is 0.250 e. The highest BCUT2D eigenvalue weighted by atomic mass is 35.5. The molecule has 0 aliphatic heterocycles. The summed E-state index contributed by atoms with van der Waals surface area (Å²) in [6.07, 6.45) is 4.00. The Labute approximate surface area is 112 Å². The van der Waals surface area contributed by atoms with Gasteiger partial charge in [0.15, 0.2) is 11.0 Å². The lowest BCUT2D eigenvalue weighted by atomic mass is 10.3. The van der Waals surface area contributed by atoms with Gasteiger partial charge in [-0.25, -0.2) is 19.6 Å². The molecule has 0 aliphatic carbocycles. The summed E-state index contributed by atoms with van der Waals surface area (Å²) in [6, 6.07) is -0.544. The van der Waals surface area contributed by atoms with Crippen LogP contribution in [0.1, 0.15) is 13.0 Å². The third-order valence-corrected chi connectivity index (χ3v) is 2.94. The number of carbonyl (C=O) groups is 1. The number of nitrogens with zero attached hydrogens (tertiary/aromatic N) is 5. The molecule has 0 spiro atoms. The number of carbonyl (C=O) groups excluding carboxylic acids is 1. The molecule has 0 fully saturated rings. The first-order valence-corrected chi connectivity index (χ1v) is 5.66. The molecule has 7 nitrogen and oxygen atoms in total. The van der Waals surface area contributed by atoms with E-state index >= 15 is 0 Å². The molecule has 9 heteroatoms. The molecule has 94 valence electrons. The van der Waals surface area contributed by atoms with Gasteiger partial charge in [0.05, 0.1) is 0 Å². The highest BCUT2D eigenvalue weighted by Crippen LogP contribution is 2.25. The predicted octanol–water partition coefficient (Wildman–Crippen LogP) is 1.57. The summed E-state index contributed by atoms with van der Waals surface area (Å²) in [5, 5.41) is 6.59. The highest BCUT2D eigenvalue weighted by molar-refractivity contribution is 6.42. The number of anilines is 1. The average Bonchev–Trinajstić information content (AvgIpc) is 2.87. The van der Waals surface area contributed by atoms with Crippen molar-refractivity contribution in [2.24, 2.45) is 0 Å². The Morgan fingerprint density at radius 1 is 1.39 bits per heavy atom. The van der Waals surface area contributed by atoms with Gasteiger partial charge >= 0.3 is 0 Å². The van der Waals surface area contributed by atoms with Crippen LogP contribution < -0.4 is 5.32 Å². The zero-order valence-electron chi connectivity index (χ0n) is 9.21. The molecule has 0 bridgehead atoms. The highest BCUT2D eigenvalue weighted by Gasteiger charge is 2.18. The van der Waals surface area contributed by atoms with Gasteiger partial charge in [-0.1, -0.05) is 23.2 Å². The van der Waals surface area contributed by atoms with Crippen molar-refractivity contribution in [3.8, 4) is 0 Å². The molecule has 18 heavy (non-hydrogen) atoms. The van der Waals surface area contributed by atoms with Crippen LogP contribution in [0.15, 0.2) is 19.0 Å². The van der Waals surface area contributed by atoms with Crippen molar-refractivity contribution in [2.75, 3.05) is 5.32 Å². The van der Waals surface area contributed by atoms with Crippen LogP contribution in [0.4, 0.5) is 5.82 Å². The fraction of sp³-hybridized carbons (Fsp3) is 0.222. The van der Waals surface area contributed by atoms with Crippen molar-refractivity contribution < 1.29 is 4.79 Å². The SMILES string of the molecule is CC(C(=O)Nc1ncnc(Cl)c1Cl)n1cncn1. The van der Waals surface area contributed by atoms with Gasteiger partial charge in [-0.2, -0.15) is 5.10 Å². The van der Waals surface area contributed by atoms with E-state index in [2.05, 4.69) is 25.4 Å². The van der Waals surface area contributed by atoms with E-state index in [1.807, 2.05) is 0 Å². The van der Waals surface area contributed by atoms with Crippen molar-refractivity contribution >= 4 is 34.9 Å². The van der Waals surface area contributed by atoms with Crippen molar-refractivity contribution in [1.29, 1.82) is 0 Å². The number of hydrogen-bond donors (Lipinski definition) is 1. The van der Waals surface area contributed by atoms with Gasteiger partial charge in [0.1, 0.15) is 30.0 Å². The van der Waals surface area contributed by atoms with Crippen LogP contribution in [-0.2, 0) is 4.79 Å². The fourth-order valence-corrected chi connectivity index (χ4v) is 1.47. The van der Waals surface area contributed by atoms with E-state index in [0.717, 1.165) is 0 Å². The summed E-state index contributed by atoms with van der Waals surface area (Å²) in [7, 11) is 0. The molecule has 0 saturated carbocycles. The Balaban J connectivity index is 2.14. The summed E-state index contributed by atoms with van der Waals surface area (Å²) < 4.78 is 1.41. The Morgan fingerprint density at radius 2 is 2.17 bits per heavy atom. The van der Waals surface area contributed by atoms with E-state index in [-0.39, 0.29) is 21.9 Å². The van der Waals surface area contributed by atoms with Gasteiger partial charge in [0, 0.05) is 0 Å². The number of halogens is 2. The zero-order chi connectivity index (χ0) is 13.1. The second-order valence-corrected chi connectivity index (χ2v) is 4.10. The molecule has 2 aromatic heterocycles. The monoisotopic (exact) mass is 286 g/mol. The van der Waals surface area contributed by atoms with Gasteiger partial charge < -0.3 is 5.32 Å². The zero-order valence-corrected chi connectivity index (χ0v) is 10.7. The molecule has 2 aromatic rings. The lowest BCUT2D eigenvalue weighted by molar-refractivity contribution is -0.119. The van der Waals surface area contributed by atoms with Crippen LogP contribution in [0, 0.1) is 0 Å². The number of rotatable bonds is 3. The fourth-order valence-electron chi connectivity index (χ4n) is 1.19. The Kier molecular flexibility index (Phi) is 3.73. The minimum atomic E-state index is -0.544. The largest absolute Gasteiger partial charge is 0.307 e. The average molecular weight is 287 g/mol. The molecule has 0 aliphatic rings. The standard InChI is InChI=1S/C9H8Cl2N6O/c1-5(17-4-12-2-15-17)9(18)16-8-6(10)7(11)13-3-14-8/h2-5H,1H3,(H,13,14,16,18). The van der Waals surface area contributed by atoms with Gasteiger partial charge in [0.25, 0.3) is 0 Å². The summed E-state index contributed by atoms with van der Waals surface area (Å²) in [5.41, 5.74) is 0. The van der Waals surface area contributed by atoms with Crippen LogP contribution in [0.5, 0.6) is 0 Å². The van der Waals surface area contributed by atoms with E-state index in [1.54, 1.807) is 6.92 Å². The van der Waals surface area contributed by atoms with Crippen LogP contribution in [0.25, 0.3) is 0 Å². The summed E-state index contributed by atoms with van der Waals surface area (Å²) >= 11 is 11.6. The van der Waals surface area contributed by atoms with E-state index < -0.39 is 6.04 Å². The van der Waals surface area contributed by atoms with Crippen molar-refractivity contribution in [1.82, 2.24) is 24.7 Å². The van der Waals surface area contributed by atoms with Gasteiger partial charge in [0.2, 0.25) is 5.91 Å². The number of hydrogen-bond acceptors (Lipinski definition) is 5. The van der Waals surface area contributed by atoms with Crippen LogP contribution in [-0.4, -0.2) is 30.6 Å². The van der Waals surface area contributed by atoms with Crippen LogP contribution >= 0.6 is 23.2 Å². The minimum Gasteiger partial charge on any atom is -0.307 e. The molecule has 0 aromatic carbocycles.